The van der Waals surface area contributed by atoms with Gasteiger partial charge in [-0.05, 0) is 77.0 Å². The van der Waals surface area contributed by atoms with Crippen molar-refractivity contribution >= 4 is 39.8 Å². The minimum atomic E-state index is -4.46. The van der Waals surface area contributed by atoms with Crippen molar-refractivity contribution in [1.29, 1.82) is 0 Å². The number of quaternary nitrogens is 1. The average Bonchev–Trinajstić information content (AvgIpc) is 3.37. The predicted molar refractivity (Wildman–Crippen MR) is 197 cm³/mol. The van der Waals surface area contributed by atoms with Gasteiger partial charge in [-0.2, -0.15) is 8.42 Å². The fraction of sp³-hybridized carbons (Fsp3) is 0.865. The number of nitrogens with one attached hydrogen (secondary N) is 2. The molecule has 0 saturated heterocycles. The second-order valence-electron chi connectivity index (χ2n) is 16.4. The summed E-state index contributed by atoms with van der Waals surface area (Å²) >= 11 is 0. The molecule has 14 nitrogen and oxygen atoms in total. The van der Waals surface area contributed by atoms with Gasteiger partial charge < -0.3 is 35.5 Å². The zero-order valence-electron chi connectivity index (χ0n) is 32.9. The average molecular weight is 761 g/mol. The summed E-state index contributed by atoms with van der Waals surface area (Å²) in [6, 6.07) is -0.400. The monoisotopic (exact) mass is 760 g/mol. The van der Waals surface area contributed by atoms with Crippen LogP contribution >= 0.6 is 0 Å². The molecule has 1 saturated carbocycles. The molecule has 15 heteroatoms. The quantitative estimate of drug-likeness (QED) is 0.0437. The van der Waals surface area contributed by atoms with Crippen molar-refractivity contribution in [3.63, 3.8) is 0 Å². The van der Waals surface area contributed by atoms with Crippen molar-refractivity contribution in [3.8, 4) is 0 Å². The second-order valence-corrected chi connectivity index (χ2v) is 17.9. The number of nitrogens with zero attached hydrogens (tertiary/aromatic N) is 1. The molecule has 0 aliphatic heterocycles. The standard InChI is InChI=1S/C37H68N4O10S/c1-9-11-12-13-14-15-16-41(7,8)17-18-51-36(47)25(3)19-29(34(44)40-37(5,6)24-52(48,49)50)20-28-21-30(39-26(4)42)23-31(28)32(35(45)46)22-27(10-2)33(38)43/h25,27-32H,9-24H2,1-8H3,(H5-,38,39,40,42,43,44,45,46,48,49,50). The summed E-state index contributed by atoms with van der Waals surface area (Å²) in [5.41, 5.74) is 4.19. The summed E-state index contributed by atoms with van der Waals surface area (Å²) in [4.78, 5) is 63.8. The van der Waals surface area contributed by atoms with E-state index < -0.39 is 86.7 Å². The van der Waals surface area contributed by atoms with Crippen LogP contribution in [0.5, 0.6) is 0 Å². The number of nitrogens with two attached hydrogens (primary N) is 1. The minimum Gasteiger partial charge on any atom is -0.550 e. The maximum Gasteiger partial charge on any atom is 0.308 e. The van der Waals surface area contributed by atoms with Gasteiger partial charge in [0, 0.05) is 36.7 Å². The first-order valence-electron chi connectivity index (χ1n) is 19.0. The molecule has 7 unspecified atom stereocenters. The Morgan fingerprint density at radius 3 is 2.13 bits per heavy atom. The first kappa shape index (κ1) is 47.2. The number of hydrogen-bond donors (Lipinski definition) is 4. The first-order valence-corrected chi connectivity index (χ1v) is 20.6. The molecule has 0 radical (unpaired) electrons. The zero-order chi connectivity index (χ0) is 39.9. The predicted octanol–water partition coefficient (Wildman–Crippen LogP) is 2.58. The Labute approximate surface area is 312 Å². The Morgan fingerprint density at radius 2 is 1.60 bits per heavy atom. The van der Waals surface area contributed by atoms with Crippen LogP contribution < -0.4 is 21.5 Å². The van der Waals surface area contributed by atoms with Crippen molar-refractivity contribution < 1.29 is 51.3 Å². The molecule has 302 valence electrons. The summed E-state index contributed by atoms with van der Waals surface area (Å²) in [6.07, 6.45) is 8.12. The molecule has 0 aromatic rings. The van der Waals surface area contributed by atoms with Crippen LogP contribution in [0.3, 0.4) is 0 Å². The lowest BCUT2D eigenvalue weighted by molar-refractivity contribution is -0.890. The molecular formula is C37H68N4O10S. The molecule has 0 heterocycles. The van der Waals surface area contributed by atoms with E-state index in [1.54, 1.807) is 13.8 Å². The highest BCUT2D eigenvalue weighted by Gasteiger charge is 2.43. The number of aliphatic carboxylic acids is 1. The van der Waals surface area contributed by atoms with Gasteiger partial charge in [0.15, 0.2) is 0 Å². The summed E-state index contributed by atoms with van der Waals surface area (Å²) < 4.78 is 39.3. The molecule has 7 atom stereocenters. The summed E-state index contributed by atoms with van der Waals surface area (Å²) in [5, 5.41) is 18.1. The lowest BCUT2D eigenvalue weighted by Crippen LogP contribution is -2.51. The molecule has 0 spiro atoms. The van der Waals surface area contributed by atoms with E-state index in [-0.39, 0.29) is 38.2 Å². The smallest absolute Gasteiger partial charge is 0.308 e. The van der Waals surface area contributed by atoms with Gasteiger partial charge in [0.1, 0.15) is 13.2 Å². The molecule has 0 aromatic heterocycles. The number of carboxylic acid groups (broad SMARTS) is 1. The Hall–Kier alpha value is -2.78. The van der Waals surface area contributed by atoms with Gasteiger partial charge in [-0.15, -0.1) is 0 Å². The highest BCUT2D eigenvalue weighted by molar-refractivity contribution is 7.85. The van der Waals surface area contributed by atoms with Crippen molar-refractivity contribution in [2.75, 3.05) is 39.5 Å². The van der Waals surface area contributed by atoms with Crippen LogP contribution in [0, 0.1) is 35.5 Å². The van der Waals surface area contributed by atoms with Crippen LogP contribution in [-0.4, -0.2) is 98.2 Å². The first-order chi connectivity index (χ1) is 24.0. The number of esters is 1. The third kappa shape index (κ3) is 18.3. The number of amides is 3. The van der Waals surface area contributed by atoms with E-state index in [9.17, 15) is 42.0 Å². The van der Waals surface area contributed by atoms with E-state index in [1.807, 2.05) is 0 Å². The van der Waals surface area contributed by atoms with Crippen molar-refractivity contribution in [2.24, 2.45) is 41.2 Å². The normalized spacial score (nSPS) is 20.4. The molecule has 1 rings (SSSR count). The molecule has 1 aliphatic rings. The Kier molecular flexibility index (Phi) is 19.8. The van der Waals surface area contributed by atoms with Crippen molar-refractivity contribution in [3.05, 3.63) is 0 Å². The Morgan fingerprint density at radius 1 is 0.981 bits per heavy atom. The van der Waals surface area contributed by atoms with Gasteiger partial charge in [0.05, 0.1) is 37.8 Å². The van der Waals surface area contributed by atoms with E-state index in [4.69, 9.17) is 10.5 Å². The number of carbonyl (C=O) groups excluding carboxylic acids is 5. The van der Waals surface area contributed by atoms with Gasteiger partial charge in [0.2, 0.25) is 17.7 Å². The summed E-state index contributed by atoms with van der Waals surface area (Å²) in [5.74, 6) is -8.59. The highest BCUT2D eigenvalue weighted by atomic mass is 32.2. The van der Waals surface area contributed by atoms with Gasteiger partial charge in [-0.25, -0.2) is 0 Å². The third-order valence-electron chi connectivity index (χ3n) is 10.5. The lowest BCUT2D eigenvalue weighted by atomic mass is 9.74. The topological polar surface area (TPSA) is 222 Å². The number of ether oxygens (including phenoxy) is 1. The van der Waals surface area contributed by atoms with Crippen LogP contribution in [0.2, 0.25) is 0 Å². The minimum absolute atomic E-state index is 0.0194. The van der Waals surface area contributed by atoms with E-state index in [0.717, 1.165) is 19.4 Å². The molecule has 3 amide bonds. The molecule has 52 heavy (non-hydrogen) atoms. The van der Waals surface area contributed by atoms with E-state index in [0.29, 0.717) is 23.9 Å². The number of unbranched alkanes of at least 4 members (excludes halogenated alkanes) is 5. The molecular weight excluding hydrogens is 692 g/mol. The molecule has 5 N–H and O–H groups in total. The zero-order valence-corrected chi connectivity index (χ0v) is 33.7. The van der Waals surface area contributed by atoms with Crippen LogP contribution in [-0.2, 0) is 38.8 Å². The lowest BCUT2D eigenvalue weighted by Gasteiger charge is -2.34. The molecule has 0 bridgehead atoms. The summed E-state index contributed by atoms with van der Waals surface area (Å²) in [7, 11) is -0.269. The molecule has 1 fully saturated rings. The Bertz CT molecular complexity index is 1290. The van der Waals surface area contributed by atoms with Gasteiger partial charge in [-0.3, -0.25) is 23.7 Å². The number of carboxylic acids is 1. The van der Waals surface area contributed by atoms with Gasteiger partial charge in [-0.1, -0.05) is 46.5 Å². The van der Waals surface area contributed by atoms with Crippen LogP contribution in [0.15, 0.2) is 0 Å². The number of rotatable bonds is 26. The van der Waals surface area contributed by atoms with Crippen molar-refractivity contribution in [1.82, 2.24) is 10.6 Å². The van der Waals surface area contributed by atoms with Crippen LogP contribution in [0.25, 0.3) is 0 Å². The SMILES string of the molecule is CCCCCCCC[N+](C)(C)CCOC(=O)C(C)CC(CC1CC(NC(C)=O)CC1C(CC(CC)C(N)=O)C(=O)[O-])C(=O)NC(C)(C)CS(=O)(=O)O. The van der Waals surface area contributed by atoms with Gasteiger partial charge in [0.25, 0.3) is 10.1 Å². The number of hydrogen-bond acceptors (Lipinski definition) is 9. The van der Waals surface area contributed by atoms with E-state index in [1.165, 1.54) is 46.5 Å². The van der Waals surface area contributed by atoms with Crippen LogP contribution in [0.4, 0.5) is 0 Å². The highest BCUT2D eigenvalue weighted by Crippen LogP contribution is 2.44. The molecule has 1 aliphatic carbocycles. The van der Waals surface area contributed by atoms with Crippen LogP contribution in [0.1, 0.15) is 119 Å². The largest absolute Gasteiger partial charge is 0.550 e. The van der Waals surface area contributed by atoms with Gasteiger partial charge >= 0.3 is 5.97 Å². The number of primary amides is 1. The second kappa shape index (κ2) is 21.8. The maximum absolute atomic E-state index is 13.9. The fourth-order valence-electron chi connectivity index (χ4n) is 7.66. The number of likely N-dealkylation sites (N-methyl/N-ethyl adjacent to an activating group) is 1. The molecule has 0 aromatic carbocycles. The number of carbonyl (C=O) groups is 5. The summed E-state index contributed by atoms with van der Waals surface area (Å²) in [6.45, 7) is 11.6. The fourth-order valence-corrected chi connectivity index (χ4v) is 8.64. The maximum atomic E-state index is 13.9. The van der Waals surface area contributed by atoms with E-state index in [2.05, 4.69) is 31.7 Å². The van der Waals surface area contributed by atoms with E-state index >= 15 is 0 Å². The Balaban J connectivity index is 3.24. The third-order valence-corrected chi connectivity index (χ3v) is 11.6. The van der Waals surface area contributed by atoms with Crippen molar-refractivity contribution in [2.45, 2.75) is 130 Å².